The SMILES string of the molecule is CC(=O)NCC(=O)N1CCCC2(CN[S+](=O)([O-])c3cccnc3O2)C1. The first-order valence-electron chi connectivity index (χ1n) is 7.97. The number of hydrogen-bond acceptors (Lipinski definition) is 6. The van der Waals surface area contributed by atoms with Gasteiger partial charge in [-0.05, 0) is 18.9 Å². The molecule has 1 fully saturated rings. The summed E-state index contributed by atoms with van der Waals surface area (Å²) in [5, 5.41) is 2.48. The van der Waals surface area contributed by atoms with Crippen molar-refractivity contribution in [1.82, 2.24) is 19.9 Å². The van der Waals surface area contributed by atoms with Crippen molar-refractivity contribution >= 4 is 22.2 Å². The molecule has 2 unspecified atom stereocenters. The minimum atomic E-state index is -3.71. The van der Waals surface area contributed by atoms with Crippen molar-refractivity contribution in [2.24, 2.45) is 0 Å². The summed E-state index contributed by atoms with van der Waals surface area (Å²) >= 11 is 0. The lowest BCUT2D eigenvalue weighted by Crippen LogP contribution is -2.59. The number of carbonyl (C=O) groups is 2. The van der Waals surface area contributed by atoms with E-state index >= 15 is 0 Å². The van der Waals surface area contributed by atoms with E-state index in [1.165, 1.54) is 25.3 Å². The predicted octanol–water partition coefficient (Wildman–Crippen LogP) is -0.535. The van der Waals surface area contributed by atoms with Crippen molar-refractivity contribution in [3.63, 3.8) is 0 Å². The van der Waals surface area contributed by atoms with Crippen LogP contribution in [0, 0.1) is 0 Å². The highest BCUT2D eigenvalue weighted by molar-refractivity contribution is 7.95. The number of ether oxygens (including phenoxy) is 1. The van der Waals surface area contributed by atoms with Gasteiger partial charge < -0.3 is 19.5 Å². The van der Waals surface area contributed by atoms with Gasteiger partial charge in [-0.3, -0.25) is 9.59 Å². The molecule has 0 aliphatic carbocycles. The maximum Gasteiger partial charge on any atom is 0.272 e. The van der Waals surface area contributed by atoms with E-state index in [-0.39, 0.29) is 42.2 Å². The lowest BCUT2D eigenvalue weighted by atomic mass is 9.92. The summed E-state index contributed by atoms with van der Waals surface area (Å²) in [7, 11) is -3.71. The van der Waals surface area contributed by atoms with Crippen LogP contribution in [0.15, 0.2) is 23.2 Å². The number of rotatable bonds is 2. The van der Waals surface area contributed by atoms with Crippen molar-refractivity contribution in [2.45, 2.75) is 30.3 Å². The molecule has 3 rings (SSSR count). The number of sulfonamides is 1. The Morgan fingerprint density at radius 2 is 2.36 bits per heavy atom. The number of fused-ring (bicyclic) bond motifs is 1. The van der Waals surface area contributed by atoms with Gasteiger partial charge in [-0.1, -0.05) is 4.21 Å². The largest absolute Gasteiger partial charge is 0.593 e. The van der Waals surface area contributed by atoms with E-state index in [1.54, 1.807) is 4.90 Å². The van der Waals surface area contributed by atoms with Crippen LogP contribution in [0.1, 0.15) is 19.8 Å². The fourth-order valence-corrected chi connectivity index (χ4v) is 4.24. The highest BCUT2D eigenvalue weighted by Gasteiger charge is 2.45. The van der Waals surface area contributed by atoms with Crippen molar-refractivity contribution in [1.29, 1.82) is 0 Å². The van der Waals surface area contributed by atoms with Crippen LogP contribution in [0.25, 0.3) is 0 Å². The third kappa shape index (κ3) is 3.80. The average molecular weight is 368 g/mol. The third-order valence-electron chi connectivity index (χ3n) is 4.30. The molecular weight excluding hydrogens is 348 g/mol. The summed E-state index contributed by atoms with van der Waals surface area (Å²) in [6, 6.07) is 2.97. The Kier molecular flexibility index (Phi) is 4.76. The highest BCUT2D eigenvalue weighted by Crippen LogP contribution is 2.34. The highest BCUT2D eigenvalue weighted by atomic mass is 32.3. The molecule has 2 atom stereocenters. The first kappa shape index (κ1) is 17.8. The number of amides is 2. The topological polar surface area (TPSA) is 124 Å². The fourth-order valence-electron chi connectivity index (χ4n) is 3.05. The third-order valence-corrected chi connectivity index (χ3v) is 5.72. The fraction of sp³-hybridized carbons (Fsp3) is 0.533. The zero-order chi connectivity index (χ0) is 18.1. The van der Waals surface area contributed by atoms with E-state index < -0.39 is 16.0 Å². The molecule has 3 heterocycles. The second kappa shape index (κ2) is 6.70. The number of nitrogens with zero attached hydrogens (tertiary/aromatic N) is 2. The van der Waals surface area contributed by atoms with Crippen molar-refractivity contribution in [3.05, 3.63) is 18.3 Å². The van der Waals surface area contributed by atoms with Crippen molar-refractivity contribution in [2.75, 3.05) is 26.2 Å². The summed E-state index contributed by atoms with van der Waals surface area (Å²) < 4.78 is 33.2. The maximum atomic E-state index is 12.4. The normalized spacial score (nSPS) is 28.6. The van der Waals surface area contributed by atoms with Crippen LogP contribution in [-0.2, 0) is 24.2 Å². The minimum absolute atomic E-state index is 0.00595. The van der Waals surface area contributed by atoms with Crippen molar-refractivity contribution in [3.8, 4) is 5.88 Å². The molecule has 1 spiro atoms. The number of hydrogen-bond donors (Lipinski definition) is 2. The van der Waals surface area contributed by atoms with Gasteiger partial charge in [0.15, 0.2) is 10.4 Å². The van der Waals surface area contributed by atoms with E-state index in [1.807, 2.05) is 0 Å². The van der Waals surface area contributed by atoms with E-state index in [4.69, 9.17) is 4.74 Å². The molecule has 1 aromatic heterocycles. The van der Waals surface area contributed by atoms with Crippen LogP contribution in [-0.4, -0.2) is 58.0 Å². The van der Waals surface area contributed by atoms with E-state index in [0.717, 1.165) is 0 Å². The van der Waals surface area contributed by atoms with Gasteiger partial charge in [0, 0.05) is 25.7 Å². The first-order chi connectivity index (χ1) is 11.8. The number of carbonyl (C=O) groups excluding carboxylic acids is 2. The van der Waals surface area contributed by atoms with Gasteiger partial charge in [-0.25, -0.2) is 4.98 Å². The molecule has 10 heteroatoms. The molecule has 2 aliphatic rings. The van der Waals surface area contributed by atoms with Crippen LogP contribution < -0.4 is 14.8 Å². The summed E-state index contributed by atoms with van der Waals surface area (Å²) in [5.41, 5.74) is -0.878. The molecule has 1 aromatic rings. The number of nitrogens with one attached hydrogen (secondary N) is 2. The molecule has 0 aromatic carbocycles. The Labute approximate surface area is 146 Å². The van der Waals surface area contributed by atoms with E-state index in [9.17, 15) is 18.4 Å². The molecule has 25 heavy (non-hydrogen) atoms. The van der Waals surface area contributed by atoms with Gasteiger partial charge in [0.25, 0.3) is 5.88 Å². The summed E-state index contributed by atoms with van der Waals surface area (Å²) in [5.74, 6) is -0.466. The molecule has 9 nitrogen and oxygen atoms in total. The molecule has 136 valence electrons. The quantitative estimate of drug-likeness (QED) is 0.676. The maximum absolute atomic E-state index is 12.4. The molecule has 2 amide bonds. The summed E-state index contributed by atoms with van der Waals surface area (Å²) in [6.45, 7) is 2.06. The van der Waals surface area contributed by atoms with Crippen LogP contribution in [0.4, 0.5) is 0 Å². The number of likely N-dealkylation sites (tertiary alicyclic amines) is 1. The predicted molar refractivity (Wildman–Crippen MR) is 87.2 cm³/mol. The Bertz CT molecular complexity index is 742. The second-order valence-corrected chi connectivity index (χ2v) is 7.98. The van der Waals surface area contributed by atoms with Gasteiger partial charge in [0.05, 0.1) is 19.6 Å². The number of pyridine rings is 1. The van der Waals surface area contributed by atoms with Gasteiger partial charge >= 0.3 is 0 Å². The Hall–Kier alpha value is -2.04. The van der Waals surface area contributed by atoms with Gasteiger partial charge in [0.2, 0.25) is 16.7 Å². The first-order valence-corrected chi connectivity index (χ1v) is 9.46. The molecule has 0 saturated carbocycles. The Balaban J connectivity index is 1.81. The zero-order valence-corrected chi connectivity index (χ0v) is 14.6. The van der Waals surface area contributed by atoms with Gasteiger partial charge in [-0.15, -0.1) is 4.72 Å². The van der Waals surface area contributed by atoms with Crippen LogP contribution in [0.2, 0.25) is 0 Å². The Morgan fingerprint density at radius 3 is 3.12 bits per heavy atom. The molecule has 0 radical (unpaired) electrons. The zero-order valence-electron chi connectivity index (χ0n) is 13.8. The van der Waals surface area contributed by atoms with Gasteiger partial charge in [0.1, 0.15) is 5.60 Å². The number of piperidine rings is 1. The molecule has 2 N–H and O–H groups in total. The smallest absolute Gasteiger partial charge is 0.272 e. The summed E-state index contributed by atoms with van der Waals surface area (Å²) in [4.78, 5) is 28.9. The molecule has 1 saturated heterocycles. The van der Waals surface area contributed by atoms with E-state index in [0.29, 0.717) is 19.4 Å². The van der Waals surface area contributed by atoms with Crippen LogP contribution in [0.3, 0.4) is 0 Å². The van der Waals surface area contributed by atoms with Gasteiger partial charge in [-0.2, -0.15) is 0 Å². The second-order valence-electron chi connectivity index (χ2n) is 6.24. The van der Waals surface area contributed by atoms with Crippen LogP contribution in [0.5, 0.6) is 5.88 Å². The lowest BCUT2D eigenvalue weighted by Gasteiger charge is -2.41. The average Bonchev–Trinajstić information content (AvgIpc) is 2.68. The molecular formula is C15H20N4O5S. The minimum Gasteiger partial charge on any atom is -0.593 e. The Morgan fingerprint density at radius 1 is 1.56 bits per heavy atom. The number of aromatic nitrogens is 1. The standard InChI is InChI=1S/C15H20N4O5S/c1-11(20)17-8-13(21)19-7-3-5-15(10-19)9-18-25(22,23)12-4-2-6-16-14(12)24-15/h2,4,6H,3,5,7-10H2,1H3,(H2-,17,18,20,22,23). The van der Waals surface area contributed by atoms with E-state index in [2.05, 4.69) is 15.0 Å². The monoisotopic (exact) mass is 368 g/mol. The molecule has 2 aliphatic heterocycles. The van der Waals surface area contributed by atoms with Crippen LogP contribution >= 0.6 is 0 Å². The lowest BCUT2D eigenvalue weighted by molar-refractivity contribution is -0.137. The molecule has 0 bridgehead atoms. The summed E-state index contributed by atoms with van der Waals surface area (Å²) in [6.07, 6.45) is 2.72. The van der Waals surface area contributed by atoms with Crippen molar-refractivity contribution < 1.29 is 23.1 Å².